The van der Waals surface area contributed by atoms with Crippen LogP contribution in [0.4, 0.5) is 11.4 Å². The lowest BCUT2D eigenvalue weighted by atomic mass is 10.2. The van der Waals surface area contributed by atoms with E-state index < -0.39 is 0 Å². The summed E-state index contributed by atoms with van der Waals surface area (Å²) in [6, 6.07) is 5.10. The smallest absolute Gasteiger partial charge is 0.230 e. The van der Waals surface area contributed by atoms with E-state index in [0.29, 0.717) is 17.8 Å². The highest BCUT2D eigenvalue weighted by atomic mass is 16.6. The molecule has 0 radical (unpaired) electrons. The third-order valence-corrected chi connectivity index (χ3v) is 1.41. The van der Waals surface area contributed by atoms with E-state index in [1.807, 2.05) is 0 Å². The van der Waals surface area contributed by atoms with Gasteiger partial charge >= 0.3 is 0 Å². The summed E-state index contributed by atoms with van der Waals surface area (Å²) in [4.78, 5) is 14.6. The zero-order valence-corrected chi connectivity index (χ0v) is 6.99. The molecule has 1 aromatic rings. The van der Waals surface area contributed by atoms with E-state index >= 15 is 0 Å². The Labute approximate surface area is 75.6 Å². The molecule has 0 heterocycles. The topological polar surface area (TPSA) is 90.4 Å². The summed E-state index contributed by atoms with van der Waals surface area (Å²) in [6.45, 7) is 0.244. The molecular weight excluding hydrogens is 170 g/mol. The number of carbonyl (C=O) groups is 1. The normalized spacial score (nSPS) is 9.54. The van der Waals surface area contributed by atoms with E-state index in [1.54, 1.807) is 18.2 Å². The lowest BCUT2D eigenvalue weighted by Gasteiger charge is -2.04. The third kappa shape index (κ3) is 3.00. The average Bonchev–Trinajstić information content (AvgIpc) is 2.03. The maximum Gasteiger partial charge on any atom is 0.230 e. The fourth-order valence-electron chi connectivity index (χ4n) is 0.988. The summed E-state index contributed by atoms with van der Waals surface area (Å²) in [5, 5.41) is 0. The van der Waals surface area contributed by atoms with Crippen molar-refractivity contribution < 1.29 is 9.63 Å². The maximum absolute atomic E-state index is 9.84. The molecule has 1 aromatic carbocycles. The third-order valence-electron chi connectivity index (χ3n) is 1.41. The molecule has 0 aliphatic heterocycles. The molecule has 0 atom stereocenters. The van der Waals surface area contributed by atoms with Crippen LogP contribution in [0.2, 0.25) is 0 Å². The number of rotatable bonds is 4. The first-order chi connectivity index (χ1) is 6.22. The Kier molecular flexibility index (Phi) is 3.10. The number of amides is 1. The molecule has 0 saturated carbocycles. The summed E-state index contributed by atoms with van der Waals surface area (Å²) in [7, 11) is 0. The Hall–Kier alpha value is -1.75. The minimum Gasteiger partial charge on any atom is -0.399 e. The molecule has 0 aliphatic carbocycles. The van der Waals surface area contributed by atoms with Crippen molar-refractivity contribution in [1.29, 1.82) is 0 Å². The molecule has 0 aliphatic rings. The van der Waals surface area contributed by atoms with Gasteiger partial charge in [-0.3, -0.25) is 9.63 Å². The Morgan fingerprint density at radius 2 is 1.92 bits per heavy atom. The first-order valence-electron chi connectivity index (χ1n) is 3.68. The molecule has 0 bridgehead atoms. The van der Waals surface area contributed by atoms with Crippen LogP contribution in [0.25, 0.3) is 0 Å². The van der Waals surface area contributed by atoms with Crippen LogP contribution in [0, 0.1) is 0 Å². The van der Waals surface area contributed by atoms with Crippen molar-refractivity contribution >= 4 is 17.8 Å². The number of hydroxylamine groups is 1. The zero-order chi connectivity index (χ0) is 9.68. The van der Waals surface area contributed by atoms with Crippen molar-refractivity contribution in [3.63, 3.8) is 0 Å². The van der Waals surface area contributed by atoms with Crippen LogP contribution in [0.3, 0.4) is 0 Å². The Balaban J connectivity index is 2.60. The largest absolute Gasteiger partial charge is 0.399 e. The quantitative estimate of drug-likeness (QED) is 0.264. The second kappa shape index (κ2) is 4.32. The van der Waals surface area contributed by atoms with E-state index in [1.165, 1.54) is 0 Å². The number of anilines is 2. The summed E-state index contributed by atoms with van der Waals surface area (Å²) in [5.41, 5.74) is 15.1. The number of carbonyl (C=O) groups excluding carboxylic acids is 1. The van der Waals surface area contributed by atoms with Gasteiger partial charge in [-0.2, -0.15) is 0 Å². The van der Waals surface area contributed by atoms with Gasteiger partial charge in [0.1, 0.15) is 0 Å². The number of benzene rings is 1. The maximum atomic E-state index is 9.84. The first kappa shape index (κ1) is 9.34. The number of nitrogens with one attached hydrogen (secondary N) is 1. The lowest BCUT2D eigenvalue weighted by molar-refractivity contribution is -0.121. The van der Waals surface area contributed by atoms with E-state index in [4.69, 9.17) is 16.3 Å². The predicted molar refractivity (Wildman–Crippen MR) is 49.3 cm³/mol. The fraction of sp³-hybridized carbons (Fsp3) is 0.125. The highest BCUT2D eigenvalue weighted by molar-refractivity contribution is 5.54. The Bertz CT molecular complexity index is 281. The standard InChI is InChI=1S/C8H11N3O2/c9-7-1-6(2-8(10)3-7)4-13-11-5-12/h1-3,5H,4,9-10H2,(H,11,12). The molecule has 0 spiro atoms. The molecule has 13 heavy (non-hydrogen) atoms. The van der Waals surface area contributed by atoms with Gasteiger partial charge < -0.3 is 11.5 Å². The number of hydrogen-bond donors (Lipinski definition) is 3. The molecule has 0 saturated heterocycles. The van der Waals surface area contributed by atoms with Crippen molar-refractivity contribution in [2.45, 2.75) is 6.61 Å². The van der Waals surface area contributed by atoms with Crippen LogP contribution in [-0.2, 0) is 16.2 Å². The SMILES string of the molecule is Nc1cc(N)cc(CONC=O)c1. The molecule has 0 fully saturated rings. The fourth-order valence-corrected chi connectivity index (χ4v) is 0.988. The number of hydrogen-bond acceptors (Lipinski definition) is 4. The summed E-state index contributed by atoms with van der Waals surface area (Å²) in [5.74, 6) is 0. The van der Waals surface area contributed by atoms with Gasteiger partial charge in [-0.25, -0.2) is 5.48 Å². The summed E-state index contributed by atoms with van der Waals surface area (Å²) >= 11 is 0. The molecule has 0 unspecified atom stereocenters. The van der Waals surface area contributed by atoms with Gasteiger partial charge in [0.05, 0.1) is 6.61 Å². The molecule has 1 rings (SSSR count). The van der Waals surface area contributed by atoms with Gasteiger partial charge in [0.15, 0.2) is 0 Å². The lowest BCUT2D eigenvalue weighted by Crippen LogP contribution is -2.11. The second-order valence-corrected chi connectivity index (χ2v) is 2.53. The van der Waals surface area contributed by atoms with Gasteiger partial charge in [-0.15, -0.1) is 0 Å². The van der Waals surface area contributed by atoms with Crippen LogP contribution < -0.4 is 16.9 Å². The van der Waals surface area contributed by atoms with E-state index in [0.717, 1.165) is 5.56 Å². The summed E-state index contributed by atoms with van der Waals surface area (Å²) in [6.07, 6.45) is 0.454. The monoisotopic (exact) mass is 181 g/mol. The van der Waals surface area contributed by atoms with Gasteiger partial charge in [0.2, 0.25) is 6.41 Å². The molecular formula is C8H11N3O2. The first-order valence-corrected chi connectivity index (χ1v) is 3.68. The molecule has 5 nitrogen and oxygen atoms in total. The summed E-state index contributed by atoms with van der Waals surface area (Å²) < 4.78 is 0. The van der Waals surface area contributed by atoms with Gasteiger partial charge in [-0.05, 0) is 23.8 Å². The van der Waals surface area contributed by atoms with Gasteiger partial charge in [0, 0.05) is 11.4 Å². The number of nitrogen functional groups attached to an aromatic ring is 2. The van der Waals surface area contributed by atoms with Crippen molar-refractivity contribution in [2.75, 3.05) is 11.5 Å². The second-order valence-electron chi connectivity index (χ2n) is 2.53. The van der Waals surface area contributed by atoms with Crippen LogP contribution >= 0.6 is 0 Å². The highest BCUT2D eigenvalue weighted by Gasteiger charge is 1.96. The molecule has 5 N–H and O–H groups in total. The van der Waals surface area contributed by atoms with Crippen LogP contribution in [0.5, 0.6) is 0 Å². The van der Waals surface area contributed by atoms with Crippen LogP contribution in [0.15, 0.2) is 18.2 Å². The molecule has 0 aromatic heterocycles. The minimum atomic E-state index is 0.244. The van der Waals surface area contributed by atoms with Crippen molar-refractivity contribution in [3.05, 3.63) is 23.8 Å². The minimum absolute atomic E-state index is 0.244. The van der Waals surface area contributed by atoms with E-state index in [-0.39, 0.29) is 6.61 Å². The zero-order valence-electron chi connectivity index (χ0n) is 6.99. The molecule has 70 valence electrons. The average molecular weight is 181 g/mol. The molecule has 5 heteroatoms. The van der Waals surface area contributed by atoms with Crippen molar-refractivity contribution in [2.24, 2.45) is 0 Å². The van der Waals surface area contributed by atoms with E-state index in [2.05, 4.69) is 5.48 Å². The Morgan fingerprint density at radius 3 is 2.46 bits per heavy atom. The van der Waals surface area contributed by atoms with E-state index in [9.17, 15) is 4.79 Å². The van der Waals surface area contributed by atoms with Crippen molar-refractivity contribution in [1.82, 2.24) is 5.48 Å². The van der Waals surface area contributed by atoms with Crippen molar-refractivity contribution in [3.8, 4) is 0 Å². The van der Waals surface area contributed by atoms with Gasteiger partial charge in [-0.1, -0.05) is 0 Å². The van der Waals surface area contributed by atoms with Gasteiger partial charge in [0.25, 0.3) is 0 Å². The highest BCUT2D eigenvalue weighted by Crippen LogP contribution is 2.13. The number of nitrogens with two attached hydrogens (primary N) is 2. The molecule has 1 amide bonds. The van der Waals surface area contributed by atoms with Crippen LogP contribution in [-0.4, -0.2) is 6.41 Å². The Morgan fingerprint density at radius 1 is 1.31 bits per heavy atom. The predicted octanol–water partition coefficient (Wildman–Crippen LogP) is 0.0286. The van der Waals surface area contributed by atoms with Crippen LogP contribution in [0.1, 0.15) is 5.56 Å².